The number of nitrogens with one attached hydrogen (secondary N) is 1. The second-order valence-electron chi connectivity index (χ2n) is 5.08. The summed E-state index contributed by atoms with van der Waals surface area (Å²) in [6.45, 7) is 2.01. The SMILES string of the molecule is Cc1nc(CSCCC(=O)Nc2cccc3ncccc23)cs1. The monoisotopic (exact) mass is 343 g/mol. The Morgan fingerprint density at radius 2 is 2.22 bits per heavy atom. The molecule has 0 aliphatic carbocycles. The van der Waals surface area contributed by atoms with Gasteiger partial charge < -0.3 is 5.32 Å². The number of pyridine rings is 1. The zero-order valence-electron chi connectivity index (χ0n) is 12.8. The first kappa shape index (κ1) is 16.0. The fourth-order valence-corrected chi connectivity index (χ4v) is 3.79. The number of amides is 1. The van der Waals surface area contributed by atoms with Gasteiger partial charge in [-0.15, -0.1) is 11.3 Å². The summed E-state index contributed by atoms with van der Waals surface area (Å²) in [6.07, 6.45) is 2.25. The first-order valence-corrected chi connectivity index (χ1v) is 9.38. The molecule has 0 fully saturated rings. The molecule has 1 aromatic carbocycles. The summed E-state index contributed by atoms with van der Waals surface area (Å²) in [5.41, 5.74) is 2.80. The third-order valence-electron chi connectivity index (χ3n) is 3.31. The molecule has 3 rings (SSSR count). The van der Waals surface area contributed by atoms with Crippen LogP contribution in [-0.4, -0.2) is 21.6 Å². The molecule has 2 heterocycles. The van der Waals surface area contributed by atoms with Gasteiger partial charge in [0.15, 0.2) is 0 Å². The molecular formula is C17H17N3OS2. The molecule has 0 saturated heterocycles. The molecule has 0 unspecified atom stereocenters. The van der Waals surface area contributed by atoms with Crippen LogP contribution in [0.25, 0.3) is 10.9 Å². The van der Waals surface area contributed by atoms with E-state index >= 15 is 0 Å². The number of anilines is 1. The Hall–Kier alpha value is -1.92. The number of nitrogens with zero attached hydrogens (tertiary/aromatic N) is 2. The number of carbonyl (C=O) groups excluding carboxylic acids is 1. The molecule has 6 heteroatoms. The number of aryl methyl sites for hydroxylation is 1. The van der Waals surface area contributed by atoms with Gasteiger partial charge in [-0.05, 0) is 31.2 Å². The molecule has 0 saturated carbocycles. The summed E-state index contributed by atoms with van der Waals surface area (Å²) in [5.74, 6) is 1.67. The Kier molecular flexibility index (Phi) is 5.25. The van der Waals surface area contributed by atoms with Crippen LogP contribution in [0.1, 0.15) is 17.1 Å². The van der Waals surface area contributed by atoms with Crippen molar-refractivity contribution in [2.45, 2.75) is 19.1 Å². The van der Waals surface area contributed by atoms with Crippen molar-refractivity contribution in [2.24, 2.45) is 0 Å². The highest BCUT2D eigenvalue weighted by Gasteiger charge is 2.06. The Bertz CT molecular complexity index is 811. The van der Waals surface area contributed by atoms with Crippen LogP contribution in [0.4, 0.5) is 5.69 Å². The van der Waals surface area contributed by atoms with Crippen LogP contribution < -0.4 is 5.32 Å². The standard InChI is InChI=1S/C17H17N3OS2/c1-12-19-13(11-23-12)10-22-9-7-17(21)20-16-6-2-5-15-14(16)4-3-8-18-15/h2-6,8,11H,7,9-10H2,1H3,(H,20,21). The minimum Gasteiger partial charge on any atom is -0.325 e. The van der Waals surface area contributed by atoms with E-state index in [9.17, 15) is 4.79 Å². The lowest BCUT2D eigenvalue weighted by Crippen LogP contribution is -2.12. The van der Waals surface area contributed by atoms with E-state index < -0.39 is 0 Å². The molecule has 0 aliphatic heterocycles. The van der Waals surface area contributed by atoms with Crippen LogP contribution >= 0.6 is 23.1 Å². The molecule has 23 heavy (non-hydrogen) atoms. The van der Waals surface area contributed by atoms with Crippen molar-refractivity contribution in [1.29, 1.82) is 0 Å². The lowest BCUT2D eigenvalue weighted by atomic mass is 10.2. The quantitative estimate of drug-likeness (QED) is 0.679. The number of fused-ring (bicyclic) bond motifs is 1. The number of aromatic nitrogens is 2. The van der Waals surface area contributed by atoms with Gasteiger partial charge in [0.05, 0.1) is 21.9 Å². The van der Waals surface area contributed by atoms with Crippen LogP contribution in [0.2, 0.25) is 0 Å². The maximum absolute atomic E-state index is 12.1. The fraction of sp³-hybridized carbons (Fsp3) is 0.235. The first-order valence-electron chi connectivity index (χ1n) is 7.35. The number of carbonyl (C=O) groups is 1. The number of benzene rings is 1. The predicted octanol–water partition coefficient (Wildman–Crippen LogP) is 4.26. The van der Waals surface area contributed by atoms with E-state index in [1.165, 1.54) is 0 Å². The molecule has 4 nitrogen and oxygen atoms in total. The third-order valence-corrected chi connectivity index (χ3v) is 5.12. The highest BCUT2D eigenvalue weighted by atomic mass is 32.2. The van der Waals surface area contributed by atoms with Crippen molar-refractivity contribution in [1.82, 2.24) is 9.97 Å². The smallest absolute Gasteiger partial charge is 0.225 e. The fourth-order valence-electron chi connectivity index (χ4n) is 2.24. The molecule has 0 aliphatic rings. The zero-order valence-corrected chi connectivity index (χ0v) is 14.4. The number of thioether (sulfide) groups is 1. The van der Waals surface area contributed by atoms with E-state index in [2.05, 4.69) is 20.7 Å². The average Bonchev–Trinajstić information content (AvgIpc) is 2.97. The molecule has 3 aromatic rings. The van der Waals surface area contributed by atoms with E-state index in [4.69, 9.17) is 0 Å². The number of hydrogen-bond acceptors (Lipinski definition) is 5. The third kappa shape index (κ3) is 4.30. The van der Waals surface area contributed by atoms with Crippen molar-refractivity contribution in [3.05, 3.63) is 52.6 Å². The van der Waals surface area contributed by atoms with Gasteiger partial charge in [-0.25, -0.2) is 4.98 Å². The second-order valence-corrected chi connectivity index (χ2v) is 7.25. The molecule has 0 spiro atoms. The first-order chi connectivity index (χ1) is 11.2. The normalized spacial score (nSPS) is 10.8. The van der Waals surface area contributed by atoms with E-state index in [0.717, 1.165) is 38.8 Å². The van der Waals surface area contributed by atoms with Gasteiger partial charge in [0.2, 0.25) is 5.91 Å². The summed E-state index contributed by atoms with van der Waals surface area (Å²) in [4.78, 5) is 20.8. The van der Waals surface area contributed by atoms with Crippen LogP contribution in [0.5, 0.6) is 0 Å². The topological polar surface area (TPSA) is 54.9 Å². The summed E-state index contributed by atoms with van der Waals surface area (Å²) in [7, 11) is 0. The van der Waals surface area contributed by atoms with Gasteiger partial charge >= 0.3 is 0 Å². The minimum absolute atomic E-state index is 0.0308. The molecule has 0 radical (unpaired) electrons. The molecule has 118 valence electrons. The van der Waals surface area contributed by atoms with Gasteiger partial charge in [-0.1, -0.05) is 6.07 Å². The maximum atomic E-state index is 12.1. The summed E-state index contributed by atoms with van der Waals surface area (Å²) < 4.78 is 0. The zero-order chi connectivity index (χ0) is 16.1. The van der Waals surface area contributed by atoms with Crippen molar-refractivity contribution in [3.63, 3.8) is 0 Å². The Labute approximate surface area is 143 Å². The number of thiazole rings is 1. The van der Waals surface area contributed by atoms with E-state index in [1.807, 2.05) is 37.3 Å². The van der Waals surface area contributed by atoms with E-state index in [0.29, 0.717) is 6.42 Å². The van der Waals surface area contributed by atoms with Crippen molar-refractivity contribution in [2.75, 3.05) is 11.1 Å². The van der Waals surface area contributed by atoms with E-state index in [1.54, 1.807) is 29.3 Å². The molecule has 0 bridgehead atoms. The largest absolute Gasteiger partial charge is 0.325 e. The minimum atomic E-state index is 0.0308. The summed E-state index contributed by atoms with van der Waals surface area (Å²) in [6, 6.07) is 9.61. The van der Waals surface area contributed by atoms with Crippen LogP contribution in [0.3, 0.4) is 0 Å². The Morgan fingerprint density at radius 1 is 1.30 bits per heavy atom. The lowest BCUT2D eigenvalue weighted by Gasteiger charge is -2.08. The molecule has 1 amide bonds. The van der Waals surface area contributed by atoms with Crippen LogP contribution in [0.15, 0.2) is 41.9 Å². The summed E-state index contributed by atoms with van der Waals surface area (Å²) in [5, 5.41) is 7.11. The highest BCUT2D eigenvalue weighted by Crippen LogP contribution is 2.22. The summed E-state index contributed by atoms with van der Waals surface area (Å²) >= 11 is 3.40. The molecule has 2 aromatic heterocycles. The molecule has 1 N–H and O–H groups in total. The molecule has 0 atom stereocenters. The predicted molar refractivity (Wildman–Crippen MR) is 98.0 cm³/mol. The van der Waals surface area contributed by atoms with Crippen molar-refractivity contribution < 1.29 is 4.79 Å². The average molecular weight is 343 g/mol. The Balaban J connectivity index is 1.51. The van der Waals surface area contributed by atoms with Crippen LogP contribution in [0, 0.1) is 6.92 Å². The molecular weight excluding hydrogens is 326 g/mol. The van der Waals surface area contributed by atoms with Gasteiger partial charge in [-0.3, -0.25) is 9.78 Å². The van der Waals surface area contributed by atoms with Gasteiger partial charge in [-0.2, -0.15) is 11.8 Å². The van der Waals surface area contributed by atoms with E-state index in [-0.39, 0.29) is 5.91 Å². The highest BCUT2D eigenvalue weighted by molar-refractivity contribution is 7.98. The Morgan fingerprint density at radius 3 is 3.04 bits per heavy atom. The van der Waals surface area contributed by atoms with Gasteiger partial charge in [0, 0.05) is 34.9 Å². The van der Waals surface area contributed by atoms with Crippen molar-refractivity contribution >= 4 is 45.6 Å². The lowest BCUT2D eigenvalue weighted by molar-refractivity contribution is -0.115. The van der Waals surface area contributed by atoms with Gasteiger partial charge in [0.25, 0.3) is 0 Å². The second kappa shape index (κ2) is 7.57. The van der Waals surface area contributed by atoms with Crippen LogP contribution in [-0.2, 0) is 10.5 Å². The number of rotatable bonds is 6. The maximum Gasteiger partial charge on any atom is 0.225 e. The number of hydrogen-bond donors (Lipinski definition) is 1. The van der Waals surface area contributed by atoms with Crippen molar-refractivity contribution in [3.8, 4) is 0 Å². The van der Waals surface area contributed by atoms with Gasteiger partial charge in [0.1, 0.15) is 0 Å².